The molecule has 0 unspecified atom stereocenters. The van der Waals surface area contributed by atoms with Crippen LogP contribution in [-0.4, -0.2) is 31.1 Å². The van der Waals surface area contributed by atoms with Crippen LogP contribution in [0.15, 0.2) is 18.2 Å². The second-order valence-corrected chi connectivity index (χ2v) is 4.29. The van der Waals surface area contributed by atoms with E-state index in [1.807, 2.05) is 0 Å². The minimum absolute atomic E-state index is 0.340. The average Bonchev–Trinajstić information content (AvgIpc) is 3.18. The average molecular weight is 250 g/mol. The van der Waals surface area contributed by atoms with E-state index in [0.29, 0.717) is 29.9 Å². The lowest BCUT2D eigenvalue weighted by Gasteiger charge is -2.12. The molecule has 0 bridgehead atoms. The number of carbonyl (C=O) groups is 2. The topological polar surface area (TPSA) is 72.8 Å². The van der Waals surface area contributed by atoms with Crippen molar-refractivity contribution in [3.63, 3.8) is 0 Å². The molecule has 0 spiro atoms. The Balaban J connectivity index is 2.35. The lowest BCUT2D eigenvalue weighted by atomic mass is 9.94. The quantitative estimate of drug-likeness (QED) is 0.636. The van der Waals surface area contributed by atoms with Gasteiger partial charge in [0.2, 0.25) is 0 Å². The maximum Gasteiger partial charge on any atom is 0.317 e. The summed E-state index contributed by atoms with van der Waals surface area (Å²) in [5.74, 6) is -0.489. The molecule has 0 atom stereocenters. The van der Waals surface area contributed by atoms with Gasteiger partial charge in [-0.05, 0) is 31.0 Å². The van der Waals surface area contributed by atoms with Crippen LogP contribution in [0.1, 0.15) is 23.2 Å². The van der Waals surface area contributed by atoms with Crippen LogP contribution in [0.2, 0.25) is 0 Å². The van der Waals surface area contributed by atoms with Gasteiger partial charge in [0, 0.05) is 5.56 Å². The molecule has 1 N–H and O–H groups in total. The highest BCUT2D eigenvalue weighted by molar-refractivity contribution is 6.14. The fourth-order valence-corrected chi connectivity index (χ4v) is 1.92. The predicted octanol–water partition coefficient (Wildman–Crippen LogP) is 1.75. The van der Waals surface area contributed by atoms with Gasteiger partial charge in [-0.25, -0.2) is 0 Å². The van der Waals surface area contributed by atoms with Crippen molar-refractivity contribution in [1.82, 2.24) is 0 Å². The number of carboxylic acids is 1. The summed E-state index contributed by atoms with van der Waals surface area (Å²) < 4.78 is 10.2. The maximum absolute atomic E-state index is 12.2. The van der Waals surface area contributed by atoms with E-state index in [2.05, 4.69) is 0 Å². The molecule has 5 heteroatoms. The third-order valence-corrected chi connectivity index (χ3v) is 3.24. The van der Waals surface area contributed by atoms with E-state index in [0.717, 1.165) is 0 Å². The molecule has 1 aliphatic carbocycles. The molecule has 1 aliphatic rings. The first-order valence-corrected chi connectivity index (χ1v) is 5.55. The minimum atomic E-state index is -1.22. The van der Waals surface area contributed by atoms with Gasteiger partial charge in [-0.15, -0.1) is 0 Å². The second-order valence-electron chi connectivity index (χ2n) is 4.29. The Morgan fingerprint density at radius 3 is 2.22 bits per heavy atom. The summed E-state index contributed by atoms with van der Waals surface area (Å²) in [4.78, 5) is 23.3. The number of benzene rings is 1. The zero-order chi connectivity index (χ0) is 13.3. The molecule has 1 aromatic rings. The number of ketones is 1. The Hall–Kier alpha value is -2.04. The fraction of sp³-hybridized carbons (Fsp3) is 0.385. The Bertz CT molecular complexity index is 502. The number of aliphatic carboxylic acids is 1. The van der Waals surface area contributed by atoms with E-state index in [1.54, 1.807) is 12.1 Å². The molecule has 96 valence electrons. The van der Waals surface area contributed by atoms with Crippen molar-refractivity contribution >= 4 is 11.8 Å². The molecule has 0 saturated heterocycles. The monoisotopic (exact) mass is 250 g/mol. The highest BCUT2D eigenvalue weighted by atomic mass is 16.5. The van der Waals surface area contributed by atoms with E-state index < -0.39 is 11.4 Å². The number of methoxy groups -OCH3 is 2. The molecular formula is C13H14O5. The van der Waals surface area contributed by atoms with E-state index in [9.17, 15) is 9.59 Å². The van der Waals surface area contributed by atoms with Gasteiger partial charge in [0.1, 0.15) is 5.41 Å². The first-order chi connectivity index (χ1) is 8.55. The van der Waals surface area contributed by atoms with Crippen molar-refractivity contribution in [3.8, 4) is 11.5 Å². The Kier molecular flexibility index (Phi) is 2.98. The molecule has 0 aliphatic heterocycles. The molecule has 5 nitrogen and oxygen atoms in total. The maximum atomic E-state index is 12.2. The van der Waals surface area contributed by atoms with Crippen LogP contribution >= 0.6 is 0 Å². The predicted molar refractivity (Wildman–Crippen MR) is 63.2 cm³/mol. The van der Waals surface area contributed by atoms with Crippen molar-refractivity contribution in [3.05, 3.63) is 23.8 Å². The molecule has 1 fully saturated rings. The highest BCUT2D eigenvalue weighted by Gasteiger charge is 2.56. The lowest BCUT2D eigenvalue weighted by Crippen LogP contribution is -2.25. The highest BCUT2D eigenvalue weighted by Crippen LogP contribution is 2.49. The molecule has 0 aromatic heterocycles. The summed E-state index contributed by atoms with van der Waals surface area (Å²) in [5, 5.41) is 9.09. The van der Waals surface area contributed by atoms with Crippen LogP contribution in [0.25, 0.3) is 0 Å². The van der Waals surface area contributed by atoms with Crippen LogP contribution in [0.5, 0.6) is 11.5 Å². The van der Waals surface area contributed by atoms with Crippen LogP contribution < -0.4 is 9.47 Å². The van der Waals surface area contributed by atoms with Gasteiger partial charge in [-0.3, -0.25) is 9.59 Å². The summed E-state index contributed by atoms with van der Waals surface area (Å²) in [6, 6.07) is 4.68. The van der Waals surface area contributed by atoms with Crippen molar-refractivity contribution in [2.24, 2.45) is 5.41 Å². The van der Waals surface area contributed by atoms with E-state index in [1.165, 1.54) is 20.3 Å². The van der Waals surface area contributed by atoms with Crippen molar-refractivity contribution < 1.29 is 24.2 Å². The van der Waals surface area contributed by atoms with E-state index >= 15 is 0 Å². The minimum Gasteiger partial charge on any atom is -0.493 e. The number of carboxylic acid groups (broad SMARTS) is 1. The number of hydrogen-bond acceptors (Lipinski definition) is 4. The molecule has 18 heavy (non-hydrogen) atoms. The van der Waals surface area contributed by atoms with Crippen molar-refractivity contribution in [1.29, 1.82) is 0 Å². The van der Waals surface area contributed by atoms with Crippen LogP contribution in [0.4, 0.5) is 0 Å². The molecule has 1 saturated carbocycles. The van der Waals surface area contributed by atoms with Gasteiger partial charge in [0.05, 0.1) is 14.2 Å². The van der Waals surface area contributed by atoms with Gasteiger partial charge < -0.3 is 14.6 Å². The number of carbonyl (C=O) groups excluding carboxylic acids is 1. The normalized spacial score (nSPS) is 15.9. The molecular weight excluding hydrogens is 236 g/mol. The van der Waals surface area contributed by atoms with Crippen LogP contribution in [0, 0.1) is 5.41 Å². The Labute approximate surface area is 104 Å². The SMILES string of the molecule is COc1ccc(C(=O)C2(C(=O)O)CC2)cc1OC. The molecule has 0 heterocycles. The standard InChI is InChI=1S/C13H14O5/c1-17-9-4-3-8(7-10(9)18-2)11(14)13(5-6-13)12(15)16/h3-4,7H,5-6H2,1-2H3,(H,15,16). The molecule has 0 radical (unpaired) electrons. The zero-order valence-electron chi connectivity index (χ0n) is 10.2. The van der Waals surface area contributed by atoms with Gasteiger partial charge >= 0.3 is 5.97 Å². The van der Waals surface area contributed by atoms with E-state index in [4.69, 9.17) is 14.6 Å². The van der Waals surface area contributed by atoms with E-state index in [-0.39, 0.29) is 5.78 Å². The summed E-state index contributed by atoms with van der Waals surface area (Å²) in [7, 11) is 2.97. The van der Waals surface area contributed by atoms with Gasteiger partial charge in [0.15, 0.2) is 17.3 Å². The van der Waals surface area contributed by atoms with Crippen molar-refractivity contribution in [2.75, 3.05) is 14.2 Å². The second kappa shape index (κ2) is 4.33. The third-order valence-electron chi connectivity index (χ3n) is 3.24. The zero-order valence-corrected chi connectivity index (χ0v) is 10.2. The first-order valence-electron chi connectivity index (χ1n) is 5.55. The lowest BCUT2D eigenvalue weighted by molar-refractivity contribution is -0.141. The number of ether oxygens (including phenoxy) is 2. The number of rotatable bonds is 5. The van der Waals surface area contributed by atoms with Crippen molar-refractivity contribution in [2.45, 2.75) is 12.8 Å². The number of Topliss-reactive ketones (excluding diaryl/α,β-unsaturated/α-hetero) is 1. The number of hydrogen-bond donors (Lipinski definition) is 1. The largest absolute Gasteiger partial charge is 0.493 e. The van der Waals surface area contributed by atoms with Gasteiger partial charge in [-0.1, -0.05) is 0 Å². The van der Waals surface area contributed by atoms with Gasteiger partial charge in [0.25, 0.3) is 0 Å². The van der Waals surface area contributed by atoms with Crippen LogP contribution in [-0.2, 0) is 4.79 Å². The Morgan fingerprint density at radius 2 is 1.78 bits per heavy atom. The van der Waals surface area contributed by atoms with Crippen LogP contribution in [0.3, 0.4) is 0 Å². The van der Waals surface area contributed by atoms with Gasteiger partial charge in [-0.2, -0.15) is 0 Å². The summed E-state index contributed by atoms with van der Waals surface area (Å²) in [6.45, 7) is 0. The fourth-order valence-electron chi connectivity index (χ4n) is 1.92. The smallest absolute Gasteiger partial charge is 0.317 e. The Morgan fingerprint density at radius 1 is 1.17 bits per heavy atom. The summed E-state index contributed by atoms with van der Waals surface area (Å²) >= 11 is 0. The first kappa shape index (κ1) is 12.4. The summed E-state index contributed by atoms with van der Waals surface area (Å²) in [5.41, 5.74) is -0.882. The summed E-state index contributed by atoms with van der Waals surface area (Å²) in [6.07, 6.45) is 0.797. The molecule has 0 amide bonds. The molecule has 1 aromatic carbocycles. The molecule has 2 rings (SSSR count). The third kappa shape index (κ3) is 1.81.